The summed E-state index contributed by atoms with van der Waals surface area (Å²) in [6.07, 6.45) is 1.92. The fraction of sp³-hybridized carbons (Fsp3) is 0.556. The molecule has 1 heterocycles. The van der Waals surface area contributed by atoms with E-state index in [0.717, 1.165) is 0 Å². The largest absolute Gasteiger partial charge is 0.355 e. The molecular formula is C9H16N4O3S. The topological polar surface area (TPSA) is 104 Å². The molecule has 7 nitrogen and oxygen atoms in total. The number of sulfonamides is 1. The van der Waals surface area contributed by atoms with Gasteiger partial charge in [0.1, 0.15) is 5.82 Å². The summed E-state index contributed by atoms with van der Waals surface area (Å²) < 4.78 is 25.8. The van der Waals surface area contributed by atoms with Gasteiger partial charge in [0.2, 0.25) is 5.91 Å². The molecule has 0 aliphatic rings. The van der Waals surface area contributed by atoms with Crippen molar-refractivity contribution >= 4 is 15.9 Å². The fourth-order valence-corrected chi connectivity index (χ4v) is 2.13. The zero-order valence-electron chi connectivity index (χ0n) is 9.78. The molecule has 0 saturated carbocycles. The molecule has 1 amide bonds. The van der Waals surface area contributed by atoms with Gasteiger partial charge in [0.15, 0.2) is 5.03 Å². The van der Waals surface area contributed by atoms with E-state index in [1.54, 1.807) is 0 Å². The summed E-state index contributed by atoms with van der Waals surface area (Å²) in [5.41, 5.74) is 0. The molecule has 0 radical (unpaired) electrons. The number of carbonyl (C=O) groups excluding carboxylic acids is 1. The lowest BCUT2D eigenvalue weighted by atomic mass is 10.5. The van der Waals surface area contributed by atoms with Crippen molar-refractivity contribution in [1.82, 2.24) is 20.0 Å². The van der Waals surface area contributed by atoms with Gasteiger partial charge in [-0.2, -0.15) is 0 Å². The van der Waals surface area contributed by atoms with Crippen LogP contribution in [0.1, 0.15) is 19.7 Å². The van der Waals surface area contributed by atoms with Gasteiger partial charge in [-0.3, -0.25) is 4.79 Å². The number of nitrogens with one attached hydrogen (secondary N) is 3. The molecule has 0 atom stereocenters. The lowest BCUT2D eigenvalue weighted by Crippen LogP contribution is -2.33. The van der Waals surface area contributed by atoms with Crippen molar-refractivity contribution in [2.24, 2.45) is 0 Å². The Morgan fingerprint density at radius 2 is 2.18 bits per heavy atom. The average molecular weight is 260 g/mol. The van der Waals surface area contributed by atoms with E-state index in [-0.39, 0.29) is 24.0 Å². The van der Waals surface area contributed by atoms with E-state index in [0.29, 0.717) is 12.2 Å². The Hall–Kier alpha value is -1.41. The molecular weight excluding hydrogens is 244 g/mol. The van der Waals surface area contributed by atoms with Crippen LogP contribution in [0.5, 0.6) is 0 Å². The minimum absolute atomic E-state index is 0.0391. The number of aromatic nitrogens is 2. The highest BCUT2D eigenvalue weighted by Gasteiger charge is 2.15. The van der Waals surface area contributed by atoms with Crippen LogP contribution in [0, 0.1) is 0 Å². The van der Waals surface area contributed by atoms with Gasteiger partial charge in [-0.05, 0) is 0 Å². The van der Waals surface area contributed by atoms with E-state index in [9.17, 15) is 13.2 Å². The molecule has 0 bridgehead atoms. The molecule has 0 aliphatic heterocycles. The quantitative estimate of drug-likeness (QED) is 0.593. The number of hydrogen-bond donors (Lipinski definition) is 3. The third kappa shape index (κ3) is 4.16. The van der Waals surface area contributed by atoms with Crippen LogP contribution in [0.4, 0.5) is 0 Å². The first-order valence-electron chi connectivity index (χ1n) is 5.23. The number of hydrogen-bond acceptors (Lipinski definition) is 4. The van der Waals surface area contributed by atoms with E-state index < -0.39 is 10.0 Å². The maximum Gasteiger partial charge on any atom is 0.257 e. The average Bonchev–Trinajstić information content (AvgIpc) is 2.73. The normalized spacial score (nSPS) is 11.4. The first kappa shape index (κ1) is 13.7. The van der Waals surface area contributed by atoms with E-state index in [1.165, 1.54) is 13.1 Å². The number of imidazole rings is 1. The molecule has 1 rings (SSSR count). The summed E-state index contributed by atoms with van der Waals surface area (Å²) in [5, 5.41) is 2.53. The second-order valence-corrected chi connectivity index (χ2v) is 5.16. The molecule has 96 valence electrons. The fourth-order valence-electron chi connectivity index (χ4n) is 1.16. The summed E-state index contributed by atoms with van der Waals surface area (Å²) in [5.74, 6) is 0.422. The van der Waals surface area contributed by atoms with Gasteiger partial charge in [0.05, 0.1) is 6.20 Å². The minimum Gasteiger partial charge on any atom is -0.355 e. The number of carbonyl (C=O) groups is 1. The number of rotatable bonds is 6. The van der Waals surface area contributed by atoms with E-state index in [2.05, 4.69) is 20.0 Å². The lowest BCUT2D eigenvalue weighted by Gasteiger charge is -2.04. The van der Waals surface area contributed by atoms with Gasteiger partial charge in [-0.25, -0.2) is 18.1 Å². The first-order chi connectivity index (χ1) is 7.95. The summed E-state index contributed by atoms with van der Waals surface area (Å²) in [6, 6.07) is 0. The van der Waals surface area contributed by atoms with Gasteiger partial charge in [0.25, 0.3) is 10.0 Å². The lowest BCUT2D eigenvalue weighted by molar-refractivity contribution is -0.118. The predicted molar refractivity (Wildman–Crippen MR) is 61.8 cm³/mol. The summed E-state index contributed by atoms with van der Waals surface area (Å²) in [6.45, 7) is 3.64. The van der Waals surface area contributed by atoms with Crippen molar-refractivity contribution < 1.29 is 13.2 Å². The van der Waals surface area contributed by atoms with Gasteiger partial charge >= 0.3 is 0 Å². The van der Waals surface area contributed by atoms with Gasteiger partial charge in [-0.1, -0.05) is 6.92 Å². The first-order valence-corrected chi connectivity index (χ1v) is 6.72. The van der Waals surface area contributed by atoms with E-state index in [1.807, 2.05) is 6.92 Å². The zero-order chi connectivity index (χ0) is 12.9. The van der Waals surface area contributed by atoms with Crippen LogP contribution >= 0.6 is 0 Å². The van der Waals surface area contributed by atoms with Crippen LogP contribution in [-0.2, 0) is 21.2 Å². The van der Waals surface area contributed by atoms with Crippen molar-refractivity contribution in [3.05, 3.63) is 12.0 Å². The number of amides is 1. The molecule has 1 aromatic rings. The monoisotopic (exact) mass is 260 g/mol. The summed E-state index contributed by atoms with van der Waals surface area (Å²) in [4.78, 5) is 17.2. The van der Waals surface area contributed by atoms with Crippen LogP contribution < -0.4 is 10.0 Å². The molecule has 0 aliphatic carbocycles. The number of aromatic amines is 1. The van der Waals surface area contributed by atoms with Crippen molar-refractivity contribution in [3.63, 3.8) is 0 Å². The Kier molecular flexibility index (Phi) is 4.64. The third-order valence-corrected chi connectivity index (χ3v) is 3.39. The predicted octanol–water partition coefficient (Wildman–Crippen LogP) is -0.613. The van der Waals surface area contributed by atoms with Crippen molar-refractivity contribution in [2.45, 2.75) is 25.3 Å². The Morgan fingerprint density at radius 3 is 2.71 bits per heavy atom. The molecule has 8 heteroatoms. The zero-order valence-corrected chi connectivity index (χ0v) is 10.6. The number of aryl methyl sites for hydroxylation is 1. The van der Waals surface area contributed by atoms with Crippen LogP contribution in [0.25, 0.3) is 0 Å². The Bertz CT molecular complexity index is 480. The van der Waals surface area contributed by atoms with Crippen molar-refractivity contribution in [2.75, 3.05) is 13.1 Å². The molecule has 0 saturated heterocycles. The van der Waals surface area contributed by atoms with E-state index >= 15 is 0 Å². The van der Waals surface area contributed by atoms with Crippen LogP contribution in [0.3, 0.4) is 0 Å². The highest BCUT2D eigenvalue weighted by Crippen LogP contribution is 2.04. The van der Waals surface area contributed by atoms with E-state index in [4.69, 9.17) is 0 Å². The van der Waals surface area contributed by atoms with Gasteiger partial charge < -0.3 is 10.3 Å². The maximum atomic E-state index is 11.7. The third-order valence-electron chi connectivity index (χ3n) is 2.02. The maximum absolute atomic E-state index is 11.7. The van der Waals surface area contributed by atoms with Gasteiger partial charge in [-0.15, -0.1) is 0 Å². The summed E-state index contributed by atoms with van der Waals surface area (Å²) in [7, 11) is -3.57. The Balaban J connectivity index is 2.53. The molecule has 0 aromatic carbocycles. The highest BCUT2D eigenvalue weighted by atomic mass is 32.2. The SMILES string of the molecule is CCc1ncc(S(=O)(=O)NCCNC(C)=O)[nH]1. The van der Waals surface area contributed by atoms with Crippen LogP contribution in [-0.4, -0.2) is 37.4 Å². The van der Waals surface area contributed by atoms with Gasteiger partial charge in [0, 0.05) is 26.4 Å². The van der Waals surface area contributed by atoms with Crippen molar-refractivity contribution in [3.8, 4) is 0 Å². The minimum atomic E-state index is -3.57. The Morgan fingerprint density at radius 1 is 1.47 bits per heavy atom. The number of nitrogens with zero attached hydrogens (tertiary/aromatic N) is 1. The standard InChI is InChI=1S/C9H16N4O3S/c1-3-8-11-6-9(13-8)17(15,16)12-5-4-10-7(2)14/h6,12H,3-5H2,1-2H3,(H,10,14)(H,11,13). The van der Waals surface area contributed by atoms with Crippen LogP contribution in [0.15, 0.2) is 11.2 Å². The molecule has 3 N–H and O–H groups in total. The molecule has 17 heavy (non-hydrogen) atoms. The molecule has 1 aromatic heterocycles. The Labute approximate surface area is 100 Å². The number of H-pyrrole nitrogens is 1. The van der Waals surface area contributed by atoms with Crippen LogP contribution in [0.2, 0.25) is 0 Å². The second-order valence-electron chi connectivity index (χ2n) is 3.43. The summed E-state index contributed by atoms with van der Waals surface area (Å²) >= 11 is 0. The van der Waals surface area contributed by atoms with Crippen molar-refractivity contribution in [1.29, 1.82) is 0 Å². The smallest absolute Gasteiger partial charge is 0.257 e. The highest BCUT2D eigenvalue weighted by molar-refractivity contribution is 7.89. The molecule has 0 unspecified atom stereocenters. The molecule has 0 spiro atoms. The molecule has 0 fully saturated rings. The second kappa shape index (κ2) is 5.78.